The van der Waals surface area contributed by atoms with E-state index in [4.69, 9.17) is 9.84 Å². The molecule has 0 amide bonds. The van der Waals surface area contributed by atoms with E-state index >= 15 is 0 Å². The van der Waals surface area contributed by atoms with Crippen LogP contribution in [0.1, 0.15) is 16.1 Å². The summed E-state index contributed by atoms with van der Waals surface area (Å²) < 4.78 is 42.1. The van der Waals surface area contributed by atoms with Crippen molar-refractivity contribution >= 4 is 22.3 Å². The van der Waals surface area contributed by atoms with Gasteiger partial charge in [-0.05, 0) is 0 Å². The van der Waals surface area contributed by atoms with Gasteiger partial charge in [0.25, 0.3) is 5.78 Å². The fourth-order valence-corrected chi connectivity index (χ4v) is 2.74. The highest BCUT2D eigenvalue weighted by Crippen LogP contribution is 2.29. The molecule has 1 aromatic heterocycles. The standard InChI is InChI=1S/C11H13F3N2O5S/c12-11(13,14)9(20)6-2-15-10(22-6)16-7-1-4(18)8(19)5(3-17)21-7/h2,4-5,7-8,17-19H,1,3H2,(H,15,16)/t4-,5?,7+,8?/m1/s1. The Morgan fingerprint density at radius 1 is 1.50 bits per heavy atom. The van der Waals surface area contributed by atoms with E-state index in [0.29, 0.717) is 11.3 Å². The number of Topliss-reactive ketones (excluding diaryl/α,β-unsaturated/α-hetero) is 1. The highest BCUT2D eigenvalue weighted by atomic mass is 32.1. The average Bonchev–Trinajstić information content (AvgIpc) is 2.89. The minimum absolute atomic E-state index is 0.00196. The first kappa shape index (κ1) is 17.1. The highest BCUT2D eigenvalue weighted by Gasteiger charge is 2.41. The summed E-state index contributed by atoms with van der Waals surface area (Å²) in [5.74, 6) is -1.99. The Morgan fingerprint density at radius 3 is 2.77 bits per heavy atom. The number of halogens is 3. The van der Waals surface area contributed by atoms with Crippen molar-refractivity contribution in [2.45, 2.75) is 37.1 Å². The van der Waals surface area contributed by atoms with E-state index in [-0.39, 0.29) is 11.6 Å². The van der Waals surface area contributed by atoms with Crippen molar-refractivity contribution in [2.75, 3.05) is 11.9 Å². The molecular formula is C11H13F3N2O5S. The molecule has 0 saturated carbocycles. The fraction of sp³-hybridized carbons (Fsp3) is 0.636. The summed E-state index contributed by atoms with van der Waals surface area (Å²) in [5.41, 5.74) is 0. The molecular weight excluding hydrogens is 329 g/mol. The van der Waals surface area contributed by atoms with Gasteiger partial charge in [-0.25, -0.2) is 4.98 Å². The first-order valence-electron chi connectivity index (χ1n) is 6.18. The van der Waals surface area contributed by atoms with E-state index in [1.807, 2.05) is 0 Å². The Hall–Kier alpha value is -1.27. The van der Waals surface area contributed by atoms with Gasteiger partial charge in [-0.1, -0.05) is 11.3 Å². The molecule has 11 heteroatoms. The molecule has 1 saturated heterocycles. The van der Waals surface area contributed by atoms with Crippen molar-refractivity contribution in [3.63, 3.8) is 0 Å². The van der Waals surface area contributed by atoms with Crippen LogP contribution in [-0.2, 0) is 4.74 Å². The number of alkyl halides is 3. The molecule has 7 nitrogen and oxygen atoms in total. The number of ketones is 1. The van der Waals surface area contributed by atoms with E-state index in [1.54, 1.807) is 0 Å². The lowest BCUT2D eigenvalue weighted by Crippen LogP contribution is -2.51. The molecule has 0 bridgehead atoms. The van der Waals surface area contributed by atoms with Crippen LogP contribution < -0.4 is 5.32 Å². The zero-order chi connectivity index (χ0) is 16.5. The zero-order valence-electron chi connectivity index (χ0n) is 10.9. The normalized spacial score (nSPS) is 29.4. The van der Waals surface area contributed by atoms with Crippen LogP contribution in [0.15, 0.2) is 6.20 Å². The number of carbonyl (C=O) groups excluding carboxylic acids is 1. The van der Waals surface area contributed by atoms with Gasteiger partial charge in [-0.15, -0.1) is 0 Å². The van der Waals surface area contributed by atoms with E-state index < -0.39 is 48.0 Å². The summed E-state index contributed by atoms with van der Waals surface area (Å²) in [4.78, 5) is 14.1. The van der Waals surface area contributed by atoms with Crippen molar-refractivity contribution in [2.24, 2.45) is 0 Å². The van der Waals surface area contributed by atoms with Gasteiger partial charge in [0.15, 0.2) is 5.13 Å². The molecule has 0 aromatic carbocycles. The molecule has 0 aliphatic carbocycles. The average molecular weight is 342 g/mol. The molecule has 1 aromatic rings. The third-order valence-electron chi connectivity index (χ3n) is 3.02. The van der Waals surface area contributed by atoms with Crippen molar-refractivity contribution in [3.8, 4) is 0 Å². The quantitative estimate of drug-likeness (QED) is 0.576. The van der Waals surface area contributed by atoms with Crippen molar-refractivity contribution < 1.29 is 38.0 Å². The molecule has 2 heterocycles. The summed E-state index contributed by atoms with van der Waals surface area (Å²) in [6, 6.07) is 0. The zero-order valence-corrected chi connectivity index (χ0v) is 11.8. The van der Waals surface area contributed by atoms with Crippen LogP contribution in [0, 0.1) is 0 Å². The monoisotopic (exact) mass is 342 g/mol. The van der Waals surface area contributed by atoms with Gasteiger partial charge in [0, 0.05) is 6.42 Å². The van der Waals surface area contributed by atoms with E-state index in [0.717, 1.165) is 6.20 Å². The van der Waals surface area contributed by atoms with Crippen LogP contribution in [0.4, 0.5) is 18.3 Å². The molecule has 1 aliphatic rings. The maximum atomic E-state index is 12.3. The van der Waals surface area contributed by atoms with Crippen molar-refractivity contribution in [1.29, 1.82) is 0 Å². The number of thiazole rings is 1. The second-order valence-corrected chi connectivity index (χ2v) is 5.67. The molecule has 4 N–H and O–H groups in total. The van der Waals surface area contributed by atoms with Crippen LogP contribution >= 0.6 is 11.3 Å². The summed E-state index contributed by atoms with van der Waals surface area (Å²) in [5, 5.41) is 30.8. The minimum Gasteiger partial charge on any atom is -0.394 e. The second-order valence-electron chi connectivity index (χ2n) is 4.64. The number of rotatable bonds is 4. The number of nitrogens with zero attached hydrogens (tertiary/aromatic N) is 1. The van der Waals surface area contributed by atoms with Crippen LogP contribution in [0.2, 0.25) is 0 Å². The molecule has 1 aliphatic heterocycles. The predicted molar refractivity (Wildman–Crippen MR) is 68.5 cm³/mol. The molecule has 1 fully saturated rings. The lowest BCUT2D eigenvalue weighted by molar-refractivity contribution is -0.172. The summed E-state index contributed by atoms with van der Waals surface area (Å²) in [6.45, 7) is -0.536. The summed E-state index contributed by atoms with van der Waals surface area (Å²) in [6.07, 6.45) is -8.57. The van der Waals surface area contributed by atoms with Gasteiger partial charge in [-0.3, -0.25) is 4.79 Å². The van der Waals surface area contributed by atoms with Crippen molar-refractivity contribution in [3.05, 3.63) is 11.1 Å². The van der Waals surface area contributed by atoms with Gasteiger partial charge in [0.1, 0.15) is 23.3 Å². The SMILES string of the molecule is O=C(c1cnc(N[C@@H]2C[C@@H](O)C(O)C(CO)O2)s1)C(F)(F)F. The van der Waals surface area contributed by atoms with E-state index in [2.05, 4.69) is 10.3 Å². The number of hydrogen-bond acceptors (Lipinski definition) is 8. The third-order valence-corrected chi connectivity index (χ3v) is 3.95. The fourth-order valence-electron chi connectivity index (χ4n) is 1.92. The Kier molecular flexibility index (Phi) is 5.02. The summed E-state index contributed by atoms with van der Waals surface area (Å²) in [7, 11) is 0. The minimum atomic E-state index is -4.98. The third kappa shape index (κ3) is 3.73. The number of aliphatic hydroxyl groups excluding tert-OH is 3. The smallest absolute Gasteiger partial charge is 0.394 e. The van der Waals surface area contributed by atoms with Crippen molar-refractivity contribution in [1.82, 2.24) is 4.98 Å². The lowest BCUT2D eigenvalue weighted by atomic mass is 10.0. The first-order chi connectivity index (χ1) is 10.2. The number of anilines is 1. The first-order valence-corrected chi connectivity index (χ1v) is 7.00. The number of nitrogens with one attached hydrogen (secondary N) is 1. The molecule has 2 rings (SSSR count). The van der Waals surface area contributed by atoms with Gasteiger partial charge in [0.2, 0.25) is 0 Å². The number of carbonyl (C=O) groups is 1. The maximum Gasteiger partial charge on any atom is 0.455 e. The molecule has 2 unspecified atom stereocenters. The molecule has 4 atom stereocenters. The number of ether oxygens (including phenoxy) is 1. The number of aromatic nitrogens is 1. The van der Waals surface area contributed by atoms with Gasteiger partial charge in [0.05, 0.1) is 18.9 Å². The molecule has 124 valence electrons. The Bertz CT molecular complexity index is 538. The largest absolute Gasteiger partial charge is 0.455 e. The molecule has 0 spiro atoms. The van der Waals surface area contributed by atoms with E-state index in [9.17, 15) is 28.2 Å². The van der Waals surface area contributed by atoms with Crippen LogP contribution in [0.5, 0.6) is 0 Å². The lowest BCUT2D eigenvalue weighted by Gasteiger charge is -2.36. The van der Waals surface area contributed by atoms with Gasteiger partial charge < -0.3 is 25.4 Å². The number of hydrogen-bond donors (Lipinski definition) is 4. The number of aliphatic hydroxyl groups is 3. The second kappa shape index (κ2) is 6.46. The maximum absolute atomic E-state index is 12.3. The molecule has 22 heavy (non-hydrogen) atoms. The predicted octanol–water partition coefficient (Wildman–Crippen LogP) is 0.129. The van der Waals surface area contributed by atoms with E-state index in [1.165, 1.54) is 0 Å². The van der Waals surface area contributed by atoms with Gasteiger partial charge >= 0.3 is 6.18 Å². The van der Waals surface area contributed by atoms with Crippen LogP contribution in [0.25, 0.3) is 0 Å². The summed E-state index contributed by atoms with van der Waals surface area (Å²) >= 11 is 0.494. The molecule has 0 radical (unpaired) electrons. The highest BCUT2D eigenvalue weighted by molar-refractivity contribution is 7.17. The topological polar surface area (TPSA) is 112 Å². The Morgan fingerprint density at radius 2 is 2.18 bits per heavy atom. The van der Waals surface area contributed by atoms with Gasteiger partial charge in [-0.2, -0.15) is 13.2 Å². The van der Waals surface area contributed by atoms with Crippen LogP contribution in [0.3, 0.4) is 0 Å². The Labute approximate surface area is 126 Å². The van der Waals surface area contributed by atoms with Crippen LogP contribution in [-0.4, -0.2) is 63.4 Å². The Balaban J connectivity index is 2.03.